The molecule has 2 N–H and O–H groups in total. The van der Waals surface area contributed by atoms with Gasteiger partial charge in [0.2, 0.25) is 0 Å². The van der Waals surface area contributed by atoms with Crippen molar-refractivity contribution in [2.75, 3.05) is 32.8 Å². The van der Waals surface area contributed by atoms with E-state index in [0.717, 1.165) is 6.54 Å². The molecule has 3 aromatic carbocycles. The number of hydrogen-bond donors (Lipinski definition) is 2. The standard InChI is InChI=1S/C31H40.C6H15NO2/c1-5-24(3)27-19-21-28(22-20-27)25(4)17-18-31(30-15-11-8-12-16-30)23-26(6-2)29-13-9-7-10-14-29;1-2-7(3-5-8)4-6-9/h7-16,19-22,24-26,31H,5-6,17-18,23H2,1-4H3;8-9H,2-6H2,1H3. The predicted molar refractivity (Wildman–Crippen MR) is 172 cm³/mol. The van der Waals surface area contributed by atoms with Crippen LogP contribution in [0.3, 0.4) is 0 Å². The third-order valence-corrected chi connectivity index (χ3v) is 8.52. The van der Waals surface area contributed by atoms with Crippen LogP contribution in [0.1, 0.15) is 113 Å². The quantitative estimate of drug-likeness (QED) is 0.189. The lowest BCUT2D eigenvalue weighted by molar-refractivity contribution is 0.166. The van der Waals surface area contributed by atoms with Gasteiger partial charge in [0.1, 0.15) is 0 Å². The third-order valence-electron chi connectivity index (χ3n) is 8.52. The smallest absolute Gasteiger partial charge is 0.0558 e. The average molecular weight is 546 g/mol. The molecule has 3 aromatic rings. The van der Waals surface area contributed by atoms with Gasteiger partial charge in [0.15, 0.2) is 0 Å². The molecule has 0 radical (unpaired) electrons. The van der Waals surface area contributed by atoms with Crippen LogP contribution in [0.25, 0.3) is 0 Å². The second-order valence-corrected chi connectivity index (χ2v) is 11.2. The minimum atomic E-state index is 0.174. The fraction of sp³-hybridized carbons (Fsp3) is 0.514. The van der Waals surface area contributed by atoms with E-state index in [1.807, 2.05) is 11.8 Å². The zero-order chi connectivity index (χ0) is 29.2. The van der Waals surface area contributed by atoms with Crippen molar-refractivity contribution in [2.45, 2.75) is 90.4 Å². The molecule has 0 heterocycles. The van der Waals surface area contributed by atoms with Gasteiger partial charge in [0, 0.05) is 13.1 Å². The summed E-state index contributed by atoms with van der Waals surface area (Å²) in [6.07, 6.45) is 6.09. The maximum absolute atomic E-state index is 8.47. The van der Waals surface area contributed by atoms with E-state index >= 15 is 0 Å². The molecular weight excluding hydrogens is 490 g/mol. The van der Waals surface area contributed by atoms with Crippen LogP contribution < -0.4 is 0 Å². The highest BCUT2D eigenvalue weighted by Gasteiger charge is 2.20. The molecule has 3 heteroatoms. The molecule has 0 aliphatic rings. The van der Waals surface area contributed by atoms with Crippen LogP contribution >= 0.6 is 0 Å². The summed E-state index contributed by atoms with van der Waals surface area (Å²) >= 11 is 0. The molecule has 40 heavy (non-hydrogen) atoms. The predicted octanol–water partition coefficient (Wildman–Crippen LogP) is 8.74. The van der Waals surface area contributed by atoms with Crippen LogP contribution in [0.5, 0.6) is 0 Å². The molecule has 3 rings (SSSR count). The Hall–Kier alpha value is -2.46. The summed E-state index contributed by atoms with van der Waals surface area (Å²) in [6.45, 7) is 13.9. The Morgan fingerprint density at radius 2 is 1.02 bits per heavy atom. The molecule has 0 saturated heterocycles. The van der Waals surface area contributed by atoms with Crippen molar-refractivity contribution in [2.24, 2.45) is 0 Å². The summed E-state index contributed by atoms with van der Waals surface area (Å²) in [6, 6.07) is 31.7. The van der Waals surface area contributed by atoms with E-state index in [9.17, 15) is 0 Å². The number of rotatable bonds is 16. The van der Waals surface area contributed by atoms with Gasteiger partial charge in [-0.1, -0.05) is 120 Å². The molecule has 0 aliphatic carbocycles. The summed E-state index contributed by atoms with van der Waals surface area (Å²) in [4.78, 5) is 1.99. The lowest BCUT2D eigenvalue weighted by Crippen LogP contribution is -2.29. The Balaban J connectivity index is 0.000000536. The van der Waals surface area contributed by atoms with E-state index in [4.69, 9.17) is 10.2 Å². The van der Waals surface area contributed by atoms with E-state index < -0.39 is 0 Å². The van der Waals surface area contributed by atoms with Crippen molar-refractivity contribution in [3.8, 4) is 0 Å². The number of aliphatic hydroxyl groups excluding tert-OH is 2. The van der Waals surface area contributed by atoms with Crippen molar-refractivity contribution in [3.63, 3.8) is 0 Å². The Morgan fingerprint density at radius 3 is 1.45 bits per heavy atom. The third kappa shape index (κ3) is 11.6. The van der Waals surface area contributed by atoms with Crippen molar-refractivity contribution in [3.05, 3.63) is 107 Å². The molecule has 0 aromatic heterocycles. The van der Waals surface area contributed by atoms with Crippen molar-refractivity contribution < 1.29 is 10.2 Å². The van der Waals surface area contributed by atoms with Gasteiger partial charge >= 0.3 is 0 Å². The Kier molecular flexibility index (Phi) is 16.5. The molecule has 0 spiro atoms. The van der Waals surface area contributed by atoms with E-state index in [1.54, 1.807) is 0 Å². The SMILES string of the molecule is CCC(C)c1ccc(C(C)CCC(CC(CC)c2ccccc2)c2ccccc2)cc1.CCN(CCO)CCO. The molecule has 4 atom stereocenters. The summed E-state index contributed by atoms with van der Waals surface area (Å²) in [5.74, 6) is 2.47. The van der Waals surface area contributed by atoms with Crippen LogP contribution in [0.15, 0.2) is 84.9 Å². The first kappa shape index (κ1) is 33.7. The molecule has 0 fully saturated rings. The zero-order valence-electron chi connectivity index (χ0n) is 25.8. The topological polar surface area (TPSA) is 43.7 Å². The summed E-state index contributed by atoms with van der Waals surface area (Å²) in [5, 5.41) is 16.9. The minimum Gasteiger partial charge on any atom is -0.395 e. The maximum Gasteiger partial charge on any atom is 0.0558 e. The van der Waals surface area contributed by atoms with Gasteiger partial charge in [-0.3, -0.25) is 4.90 Å². The van der Waals surface area contributed by atoms with Crippen LogP contribution in [0.2, 0.25) is 0 Å². The van der Waals surface area contributed by atoms with Gasteiger partial charge in [0.25, 0.3) is 0 Å². The monoisotopic (exact) mass is 545 g/mol. The van der Waals surface area contributed by atoms with E-state index in [2.05, 4.69) is 113 Å². The van der Waals surface area contributed by atoms with Gasteiger partial charge in [-0.2, -0.15) is 0 Å². The highest BCUT2D eigenvalue weighted by molar-refractivity contribution is 5.28. The Labute approximate surface area is 245 Å². The fourth-order valence-electron chi connectivity index (χ4n) is 5.47. The van der Waals surface area contributed by atoms with E-state index in [0.29, 0.717) is 36.8 Å². The first-order valence-electron chi connectivity index (χ1n) is 15.6. The van der Waals surface area contributed by atoms with Crippen molar-refractivity contribution in [1.29, 1.82) is 0 Å². The largest absolute Gasteiger partial charge is 0.395 e. The van der Waals surface area contributed by atoms with Crippen LogP contribution in [-0.4, -0.2) is 48.0 Å². The molecular formula is C37H55NO2. The average Bonchev–Trinajstić information content (AvgIpc) is 3.01. The van der Waals surface area contributed by atoms with Crippen LogP contribution in [0, 0.1) is 0 Å². The summed E-state index contributed by atoms with van der Waals surface area (Å²) < 4.78 is 0. The van der Waals surface area contributed by atoms with Crippen molar-refractivity contribution >= 4 is 0 Å². The molecule has 3 nitrogen and oxygen atoms in total. The maximum atomic E-state index is 8.47. The molecule has 220 valence electrons. The van der Waals surface area contributed by atoms with Gasteiger partial charge in [0.05, 0.1) is 13.2 Å². The number of benzene rings is 3. The second-order valence-electron chi connectivity index (χ2n) is 11.2. The molecule has 0 bridgehead atoms. The lowest BCUT2D eigenvalue weighted by Gasteiger charge is -2.25. The van der Waals surface area contributed by atoms with Gasteiger partial charge in [-0.05, 0) is 84.6 Å². The minimum absolute atomic E-state index is 0.174. The van der Waals surface area contributed by atoms with E-state index in [1.165, 1.54) is 54.4 Å². The van der Waals surface area contributed by atoms with Crippen LogP contribution in [0.4, 0.5) is 0 Å². The number of nitrogens with zero attached hydrogens (tertiary/aromatic N) is 1. The van der Waals surface area contributed by atoms with Gasteiger partial charge < -0.3 is 10.2 Å². The number of likely N-dealkylation sites (N-methyl/N-ethyl adjacent to an activating group) is 1. The first-order valence-corrected chi connectivity index (χ1v) is 15.6. The first-order chi connectivity index (χ1) is 19.5. The molecule has 0 aliphatic heterocycles. The highest BCUT2D eigenvalue weighted by atomic mass is 16.3. The zero-order valence-corrected chi connectivity index (χ0v) is 25.8. The van der Waals surface area contributed by atoms with Gasteiger partial charge in [-0.15, -0.1) is 0 Å². The lowest BCUT2D eigenvalue weighted by atomic mass is 9.80. The van der Waals surface area contributed by atoms with E-state index in [-0.39, 0.29) is 13.2 Å². The highest BCUT2D eigenvalue weighted by Crippen LogP contribution is 2.37. The van der Waals surface area contributed by atoms with Crippen LogP contribution in [-0.2, 0) is 0 Å². The normalized spacial score (nSPS) is 14.2. The summed E-state index contributed by atoms with van der Waals surface area (Å²) in [7, 11) is 0. The number of hydrogen-bond acceptors (Lipinski definition) is 3. The summed E-state index contributed by atoms with van der Waals surface area (Å²) in [5.41, 5.74) is 5.93. The second kappa shape index (κ2) is 19.6. The Morgan fingerprint density at radius 1 is 0.550 bits per heavy atom. The molecule has 0 amide bonds. The number of aliphatic hydroxyl groups is 2. The van der Waals surface area contributed by atoms with Gasteiger partial charge in [-0.25, -0.2) is 0 Å². The molecule has 4 unspecified atom stereocenters. The van der Waals surface area contributed by atoms with Crippen molar-refractivity contribution in [1.82, 2.24) is 4.90 Å². The fourth-order valence-corrected chi connectivity index (χ4v) is 5.47. The Bertz CT molecular complexity index is 999. The molecule has 0 saturated carbocycles.